The predicted octanol–water partition coefficient (Wildman–Crippen LogP) is 3.01. The van der Waals surface area contributed by atoms with Gasteiger partial charge in [-0.1, -0.05) is 17.7 Å². The monoisotopic (exact) mass is 274 g/mol. The van der Waals surface area contributed by atoms with Crippen LogP contribution in [0.3, 0.4) is 0 Å². The van der Waals surface area contributed by atoms with Gasteiger partial charge in [-0.15, -0.1) is 0 Å². The average molecular weight is 274 g/mol. The van der Waals surface area contributed by atoms with Crippen molar-refractivity contribution in [3.8, 4) is 0 Å². The quantitative estimate of drug-likeness (QED) is 0.901. The molecule has 2 atom stereocenters. The third-order valence-electron chi connectivity index (χ3n) is 4.36. The van der Waals surface area contributed by atoms with Crippen LogP contribution in [-0.4, -0.2) is 23.4 Å². The summed E-state index contributed by atoms with van der Waals surface area (Å²) in [7, 11) is 0. The van der Waals surface area contributed by atoms with Gasteiger partial charge in [0.05, 0.1) is 6.04 Å². The van der Waals surface area contributed by atoms with Crippen LogP contribution in [0.15, 0.2) is 12.1 Å². The SMILES string of the molecule is CCN1C(=O)CCCC(N)C1c1c(C)cc(C)cc1C. The minimum absolute atomic E-state index is 0.0237. The van der Waals surface area contributed by atoms with Gasteiger partial charge in [0.25, 0.3) is 0 Å². The fourth-order valence-corrected chi connectivity index (χ4v) is 3.58. The van der Waals surface area contributed by atoms with Gasteiger partial charge in [0.15, 0.2) is 0 Å². The minimum atomic E-state index is 0.0237. The number of amides is 1. The van der Waals surface area contributed by atoms with E-state index in [1.165, 1.54) is 22.3 Å². The van der Waals surface area contributed by atoms with Crippen molar-refractivity contribution >= 4 is 5.91 Å². The van der Waals surface area contributed by atoms with E-state index in [4.69, 9.17) is 5.73 Å². The summed E-state index contributed by atoms with van der Waals surface area (Å²) in [6.45, 7) is 9.14. The Morgan fingerprint density at radius 1 is 1.25 bits per heavy atom. The number of rotatable bonds is 2. The van der Waals surface area contributed by atoms with Crippen LogP contribution in [0.25, 0.3) is 0 Å². The molecule has 0 radical (unpaired) electrons. The van der Waals surface area contributed by atoms with Crippen molar-refractivity contribution in [2.24, 2.45) is 5.73 Å². The molecule has 1 aliphatic rings. The van der Waals surface area contributed by atoms with Crippen molar-refractivity contribution in [3.63, 3.8) is 0 Å². The molecule has 1 fully saturated rings. The third kappa shape index (κ3) is 2.73. The first-order valence-corrected chi connectivity index (χ1v) is 7.58. The van der Waals surface area contributed by atoms with Crippen molar-refractivity contribution < 1.29 is 4.79 Å². The number of likely N-dealkylation sites (N-methyl/N-ethyl adjacent to an activating group) is 1. The van der Waals surface area contributed by atoms with Gasteiger partial charge in [-0.25, -0.2) is 0 Å². The summed E-state index contributed by atoms with van der Waals surface area (Å²) in [5, 5.41) is 0. The molecule has 1 aromatic rings. The Hall–Kier alpha value is -1.35. The fraction of sp³-hybridized carbons (Fsp3) is 0.588. The molecule has 0 aromatic heterocycles. The van der Waals surface area contributed by atoms with Crippen LogP contribution >= 0.6 is 0 Å². The largest absolute Gasteiger partial charge is 0.334 e. The van der Waals surface area contributed by atoms with E-state index in [0.29, 0.717) is 6.42 Å². The van der Waals surface area contributed by atoms with Gasteiger partial charge in [0, 0.05) is 19.0 Å². The van der Waals surface area contributed by atoms with E-state index < -0.39 is 0 Å². The first-order chi connectivity index (χ1) is 9.45. The summed E-state index contributed by atoms with van der Waals surface area (Å²) in [4.78, 5) is 14.3. The highest BCUT2D eigenvalue weighted by atomic mass is 16.2. The maximum absolute atomic E-state index is 12.3. The fourth-order valence-electron chi connectivity index (χ4n) is 3.58. The Morgan fingerprint density at radius 3 is 2.40 bits per heavy atom. The second-order valence-corrected chi connectivity index (χ2v) is 5.99. The molecule has 0 spiro atoms. The number of benzene rings is 1. The molecule has 1 saturated heterocycles. The number of aryl methyl sites for hydroxylation is 3. The van der Waals surface area contributed by atoms with E-state index >= 15 is 0 Å². The number of hydrogen-bond acceptors (Lipinski definition) is 2. The Morgan fingerprint density at radius 2 is 1.85 bits per heavy atom. The Kier molecular flexibility index (Phi) is 4.48. The number of nitrogens with two attached hydrogens (primary N) is 1. The molecule has 2 rings (SSSR count). The number of carbonyl (C=O) groups excluding carboxylic acids is 1. The molecule has 0 saturated carbocycles. The Labute approximate surface area is 122 Å². The molecule has 3 heteroatoms. The van der Waals surface area contributed by atoms with Gasteiger partial charge in [-0.3, -0.25) is 4.79 Å². The van der Waals surface area contributed by atoms with Crippen LogP contribution in [0.5, 0.6) is 0 Å². The highest BCUT2D eigenvalue weighted by Gasteiger charge is 2.33. The van der Waals surface area contributed by atoms with Crippen LogP contribution in [0.1, 0.15) is 54.5 Å². The number of nitrogens with zero attached hydrogens (tertiary/aromatic N) is 1. The van der Waals surface area contributed by atoms with Crippen molar-refractivity contribution in [1.82, 2.24) is 4.90 Å². The Bertz CT molecular complexity index is 487. The van der Waals surface area contributed by atoms with Gasteiger partial charge in [0.1, 0.15) is 0 Å². The van der Waals surface area contributed by atoms with Gasteiger partial charge >= 0.3 is 0 Å². The van der Waals surface area contributed by atoms with Crippen molar-refractivity contribution in [3.05, 3.63) is 34.4 Å². The second kappa shape index (κ2) is 5.96. The molecule has 1 amide bonds. The van der Waals surface area contributed by atoms with Crippen LogP contribution in [0.2, 0.25) is 0 Å². The first kappa shape index (κ1) is 15.0. The number of carbonyl (C=O) groups is 1. The van der Waals surface area contributed by atoms with E-state index in [1.807, 2.05) is 11.8 Å². The predicted molar refractivity (Wildman–Crippen MR) is 82.6 cm³/mol. The molecule has 2 unspecified atom stereocenters. The summed E-state index contributed by atoms with van der Waals surface area (Å²) in [6.07, 6.45) is 2.44. The second-order valence-electron chi connectivity index (χ2n) is 5.99. The van der Waals surface area contributed by atoms with Gasteiger partial charge in [0.2, 0.25) is 5.91 Å². The highest BCUT2D eigenvalue weighted by Crippen LogP contribution is 2.34. The molecule has 1 heterocycles. The molecule has 20 heavy (non-hydrogen) atoms. The zero-order chi connectivity index (χ0) is 14.9. The molecule has 0 bridgehead atoms. The normalized spacial score (nSPS) is 23.9. The molecule has 1 aromatic carbocycles. The first-order valence-electron chi connectivity index (χ1n) is 7.58. The van der Waals surface area contributed by atoms with Gasteiger partial charge in [-0.2, -0.15) is 0 Å². The highest BCUT2D eigenvalue weighted by molar-refractivity contribution is 5.77. The summed E-state index contributed by atoms with van der Waals surface area (Å²) in [5.74, 6) is 0.241. The number of likely N-dealkylation sites (tertiary alicyclic amines) is 1. The lowest BCUT2D eigenvalue weighted by Crippen LogP contribution is -2.42. The molecule has 3 nitrogen and oxygen atoms in total. The van der Waals surface area contributed by atoms with Crippen LogP contribution in [0.4, 0.5) is 0 Å². The topological polar surface area (TPSA) is 46.3 Å². The summed E-state index contributed by atoms with van der Waals surface area (Å²) in [5.41, 5.74) is 11.4. The van der Waals surface area contributed by atoms with E-state index in [0.717, 1.165) is 19.4 Å². The maximum Gasteiger partial charge on any atom is 0.223 e. The van der Waals surface area contributed by atoms with Gasteiger partial charge < -0.3 is 10.6 Å². The summed E-state index contributed by atoms with van der Waals surface area (Å²) in [6, 6.07) is 4.44. The summed E-state index contributed by atoms with van der Waals surface area (Å²) < 4.78 is 0. The van der Waals surface area contributed by atoms with Crippen molar-refractivity contribution in [2.75, 3.05) is 6.54 Å². The Balaban J connectivity index is 2.53. The van der Waals surface area contributed by atoms with E-state index in [2.05, 4.69) is 32.9 Å². The molecular weight excluding hydrogens is 248 g/mol. The molecule has 2 N–H and O–H groups in total. The average Bonchev–Trinajstić information content (AvgIpc) is 2.48. The smallest absolute Gasteiger partial charge is 0.223 e. The lowest BCUT2D eigenvalue weighted by molar-refractivity contribution is -0.133. The zero-order valence-electron chi connectivity index (χ0n) is 13.1. The number of hydrogen-bond donors (Lipinski definition) is 1. The van der Waals surface area contributed by atoms with E-state index in [-0.39, 0.29) is 18.0 Å². The third-order valence-corrected chi connectivity index (χ3v) is 4.36. The van der Waals surface area contributed by atoms with Crippen LogP contribution in [-0.2, 0) is 4.79 Å². The maximum atomic E-state index is 12.3. The van der Waals surface area contributed by atoms with E-state index in [9.17, 15) is 4.79 Å². The molecule has 1 aliphatic heterocycles. The van der Waals surface area contributed by atoms with Crippen molar-refractivity contribution in [1.29, 1.82) is 0 Å². The van der Waals surface area contributed by atoms with Crippen molar-refractivity contribution in [2.45, 2.75) is 59.0 Å². The van der Waals surface area contributed by atoms with E-state index in [1.54, 1.807) is 0 Å². The molecular formula is C17H26N2O. The molecule has 110 valence electrons. The summed E-state index contributed by atoms with van der Waals surface area (Å²) >= 11 is 0. The van der Waals surface area contributed by atoms with Crippen LogP contribution in [0, 0.1) is 20.8 Å². The lowest BCUT2D eigenvalue weighted by atomic mass is 9.88. The standard InChI is InChI=1S/C17H26N2O/c1-5-19-15(20)8-6-7-14(18)17(19)16-12(3)9-11(2)10-13(16)4/h9-10,14,17H,5-8,18H2,1-4H3. The zero-order valence-corrected chi connectivity index (χ0v) is 13.1. The van der Waals surface area contributed by atoms with Crippen LogP contribution < -0.4 is 5.73 Å². The lowest BCUT2D eigenvalue weighted by Gasteiger charge is -2.35. The molecule has 0 aliphatic carbocycles. The minimum Gasteiger partial charge on any atom is -0.334 e. The van der Waals surface area contributed by atoms with Gasteiger partial charge in [-0.05, 0) is 57.2 Å².